The molecule has 0 aliphatic heterocycles. The summed E-state index contributed by atoms with van der Waals surface area (Å²) in [6.07, 6.45) is 0. The fourth-order valence-electron chi connectivity index (χ4n) is 7.58. The molecule has 51 heavy (non-hydrogen) atoms. The van der Waals surface area contributed by atoms with Gasteiger partial charge in [0.15, 0.2) is 5.75 Å². The van der Waals surface area contributed by atoms with E-state index in [1.807, 2.05) is 0 Å². The van der Waals surface area contributed by atoms with Crippen molar-refractivity contribution in [2.45, 2.75) is 6.61 Å². The van der Waals surface area contributed by atoms with Crippen molar-refractivity contribution in [1.29, 1.82) is 0 Å². The lowest BCUT2D eigenvalue weighted by molar-refractivity contribution is 0.309. The third-order valence-corrected chi connectivity index (χ3v) is 11.2. The van der Waals surface area contributed by atoms with Crippen LogP contribution in [0.15, 0.2) is 170 Å². The van der Waals surface area contributed by atoms with Crippen molar-refractivity contribution in [3.63, 3.8) is 0 Å². The zero-order chi connectivity index (χ0) is 33.9. The quantitative estimate of drug-likeness (QED) is 0.179. The van der Waals surface area contributed by atoms with Crippen LogP contribution >= 0.6 is 11.3 Å². The highest BCUT2D eigenvalue weighted by Crippen LogP contribution is 2.47. The summed E-state index contributed by atoms with van der Waals surface area (Å²) in [5.41, 5.74) is 16.8. The molecule has 2 heterocycles. The highest BCUT2D eigenvalue weighted by molar-refractivity contribution is 7.26. The van der Waals surface area contributed by atoms with Crippen LogP contribution in [0.25, 0.3) is 80.7 Å². The molecule has 0 fully saturated rings. The molecule has 0 aliphatic rings. The average Bonchev–Trinajstić information content (AvgIpc) is 3.73. The lowest BCUT2D eigenvalue weighted by Gasteiger charge is -2.17. The van der Waals surface area contributed by atoms with Gasteiger partial charge in [0.05, 0.1) is 16.7 Å². The van der Waals surface area contributed by atoms with Crippen LogP contribution in [0.2, 0.25) is 0 Å². The molecule has 2 aromatic heterocycles. The van der Waals surface area contributed by atoms with Gasteiger partial charge >= 0.3 is 0 Å². The van der Waals surface area contributed by atoms with Gasteiger partial charge in [-0.15, -0.1) is 11.3 Å². The molecule has 8 aromatic carbocycles. The molecule has 0 saturated carbocycles. The Morgan fingerprint density at radius 2 is 1.22 bits per heavy atom. The van der Waals surface area contributed by atoms with Gasteiger partial charge in [-0.2, -0.15) is 0 Å². The molecule has 0 bridgehead atoms. The number of nitrogen functional groups attached to an aromatic ring is 1. The van der Waals surface area contributed by atoms with Crippen LogP contribution in [0.1, 0.15) is 5.56 Å². The Labute approximate surface area is 299 Å². The van der Waals surface area contributed by atoms with Gasteiger partial charge in [-0.1, -0.05) is 121 Å². The van der Waals surface area contributed by atoms with Gasteiger partial charge in [-0.3, -0.25) is 0 Å². The number of aromatic nitrogens is 1. The number of anilines is 1. The maximum absolute atomic E-state index is 7.06. The number of hydrogen-bond donors (Lipinski definition) is 1. The number of fused-ring (bicyclic) bond motifs is 7. The molecule has 0 radical (unpaired) electrons. The molecule has 10 aromatic rings. The number of ether oxygens (including phenoxy) is 1. The van der Waals surface area contributed by atoms with Crippen LogP contribution in [0, 0.1) is 0 Å². The van der Waals surface area contributed by atoms with E-state index >= 15 is 0 Å². The van der Waals surface area contributed by atoms with Crippen LogP contribution in [0.3, 0.4) is 0 Å². The van der Waals surface area contributed by atoms with E-state index in [1.165, 1.54) is 48.4 Å². The van der Waals surface area contributed by atoms with E-state index in [1.54, 1.807) is 11.3 Å². The molecular formula is C47H32N2OS. The highest BCUT2D eigenvalue weighted by atomic mass is 32.1. The second-order valence-corrected chi connectivity index (χ2v) is 14.2. The van der Waals surface area contributed by atoms with Gasteiger partial charge in [-0.05, 0) is 81.6 Å². The monoisotopic (exact) mass is 672 g/mol. The Morgan fingerprint density at radius 3 is 2.08 bits per heavy atom. The molecule has 0 atom stereocenters. The van der Waals surface area contributed by atoms with Crippen LogP contribution in [0.4, 0.5) is 5.69 Å². The lowest BCUT2D eigenvalue weighted by atomic mass is 9.98. The standard InChI is InChI=1S/C47H32N2OS/c48-46-45-38-15-7-9-17-43(38)51-44(45)28-39(35-21-20-32-12-4-5-13-33(32)26-35)47(46)50-29-30-18-23-36(24-19-30)49-41-16-8-6-14-37(41)40-27-34(22-25-42(40)49)31-10-2-1-3-11-31/h1-28H,29,48H2. The van der Waals surface area contributed by atoms with Crippen molar-refractivity contribution >= 4 is 69.8 Å². The minimum absolute atomic E-state index is 0.395. The number of hydrogen-bond acceptors (Lipinski definition) is 3. The van der Waals surface area contributed by atoms with Gasteiger partial charge in [0.1, 0.15) is 6.61 Å². The Bertz CT molecular complexity index is 2920. The molecule has 10 rings (SSSR count). The van der Waals surface area contributed by atoms with Crippen molar-refractivity contribution < 1.29 is 4.74 Å². The van der Waals surface area contributed by atoms with Crippen molar-refractivity contribution in [2.75, 3.05) is 5.73 Å². The fraction of sp³-hybridized carbons (Fsp3) is 0.0213. The summed E-state index contributed by atoms with van der Waals surface area (Å²) in [5.74, 6) is 0.724. The van der Waals surface area contributed by atoms with Gasteiger partial charge < -0.3 is 15.0 Å². The fourth-order valence-corrected chi connectivity index (χ4v) is 8.75. The van der Waals surface area contributed by atoms with Gasteiger partial charge in [-0.25, -0.2) is 0 Å². The summed E-state index contributed by atoms with van der Waals surface area (Å²) < 4.78 is 11.5. The normalized spacial score (nSPS) is 11.7. The van der Waals surface area contributed by atoms with E-state index in [-0.39, 0.29) is 0 Å². The first-order valence-corrected chi connectivity index (χ1v) is 18.0. The summed E-state index contributed by atoms with van der Waals surface area (Å²) in [5, 5.41) is 7.11. The number of nitrogens with zero attached hydrogens (tertiary/aromatic N) is 1. The minimum atomic E-state index is 0.395. The third-order valence-electron chi connectivity index (χ3n) is 10.1. The summed E-state index contributed by atoms with van der Waals surface area (Å²) in [7, 11) is 0. The van der Waals surface area contributed by atoms with E-state index in [0.29, 0.717) is 12.3 Å². The SMILES string of the molecule is Nc1c(OCc2ccc(-n3c4ccccc4c4cc(-c5ccccc5)ccc43)cc2)c(-c2ccc3ccccc3c2)cc2sc3ccccc3c12. The molecule has 0 saturated heterocycles. The van der Waals surface area contributed by atoms with Crippen LogP contribution in [0.5, 0.6) is 5.75 Å². The second kappa shape index (κ2) is 11.9. The predicted octanol–water partition coefficient (Wildman–Crippen LogP) is 12.8. The minimum Gasteiger partial charge on any atom is -0.486 e. The summed E-state index contributed by atoms with van der Waals surface area (Å²) >= 11 is 1.77. The van der Waals surface area contributed by atoms with E-state index in [2.05, 4.69) is 174 Å². The largest absolute Gasteiger partial charge is 0.486 e. The molecule has 0 unspecified atom stereocenters. The van der Waals surface area contributed by atoms with Crippen LogP contribution < -0.4 is 10.5 Å². The second-order valence-electron chi connectivity index (χ2n) is 13.1. The maximum atomic E-state index is 7.06. The van der Waals surface area contributed by atoms with Gasteiger partial charge in [0.2, 0.25) is 0 Å². The molecular weight excluding hydrogens is 641 g/mol. The molecule has 242 valence electrons. The van der Waals surface area contributed by atoms with Gasteiger partial charge in [0.25, 0.3) is 0 Å². The number of thiophene rings is 1. The number of nitrogens with two attached hydrogens (primary N) is 1. The van der Waals surface area contributed by atoms with Gasteiger partial charge in [0, 0.05) is 42.2 Å². The molecule has 4 heteroatoms. The van der Waals surface area contributed by atoms with Crippen molar-refractivity contribution in [3.05, 3.63) is 175 Å². The molecule has 2 N–H and O–H groups in total. The van der Waals surface area contributed by atoms with Crippen molar-refractivity contribution in [2.24, 2.45) is 0 Å². The predicted molar refractivity (Wildman–Crippen MR) is 217 cm³/mol. The first-order valence-electron chi connectivity index (χ1n) is 17.2. The Morgan fingerprint density at radius 1 is 0.510 bits per heavy atom. The average molecular weight is 673 g/mol. The first-order chi connectivity index (χ1) is 25.2. The van der Waals surface area contributed by atoms with E-state index in [0.717, 1.165) is 43.6 Å². The molecule has 0 aliphatic carbocycles. The van der Waals surface area contributed by atoms with E-state index in [9.17, 15) is 0 Å². The Kier molecular flexibility index (Phi) is 6.90. The molecule has 0 amide bonds. The van der Waals surface area contributed by atoms with Crippen molar-refractivity contribution in [3.8, 4) is 33.7 Å². The summed E-state index contributed by atoms with van der Waals surface area (Å²) in [6.45, 7) is 0.395. The first kappa shape index (κ1) is 29.5. The number of para-hydroxylation sites is 1. The smallest absolute Gasteiger partial charge is 0.151 e. The topological polar surface area (TPSA) is 40.2 Å². The molecule has 3 nitrogen and oxygen atoms in total. The third kappa shape index (κ3) is 4.95. The van der Waals surface area contributed by atoms with E-state index in [4.69, 9.17) is 10.5 Å². The van der Waals surface area contributed by atoms with Crippen LogP contribution in [-0.4, -0.2) is 4.57 Å². The summed E-state index contributed by atoms with van der Waals surface area (Å²) in [4.78, 5) is 0. The summed E-state index contributed by atoms with van der Waals surface area (Å²) in [6, 6.07) is 60.5. The van der Waals surface area contributed by atoms with Crippen LogP contribution in [-0.2, 0) is 6.61 Å². The number of rotatable bonds is 6. The zero-order valence-electron chi connectivity index (χ0n) is 27.7. The zero-order valence-corrected chi connectivity index (χ0v) is 28.5. The van der Waals surface area contributed by atoms with E-state index < -0.39 is 0 Å². The Balaban J connectivity index is 1.03. The molecule has 0 spiro atoms. The van der Waals surface area contributed by atoms with Crippen molar-refractivity contribution in [1.82, 2.24) is 4.57 Å². The lowest BCUT2D eigenvalue weighted by Crippen LogP contribution is -2.02. The Hall–Kier alpha value is -6.36. The number of benzene rings is 8. The maximum Gasteiger partial charge on any atom is 0.151 e. The highest BCUT2D eigenvalue weighted by Gasteiger charge is 2.19.